The summed E-state index contributed by atoms with van der Waals surface area (Å²) in [5, 5.41) is 3.14. The molecule has 2 aromatic heterocycles. The Morgan fingerprint density at radius 1 is 1.27 bits per heavy atom. The molecule has 2 atom stereocenters. The van der Waals surface area contributed by atoms with Crippen LogP contribution in [0.4, 0.5) is 0 Å². The fourth-order valence-corrected chi connectivity index (χ4v) is 4.72. The van der Waals surface area contributed by atoms with Gasteiger partial charge in [0.2, 0.25) is 5.91 Å². The van der Waals surface area contributed by atoms with E-state index in [4.69, 9.17) is 5.73 Å². The molecule has 2 unspecified atom stereocenters. The Bertz CT molecular complexity index is 772. The van der Waals surface area contributed by atoms with Crippen LogP contribution in [-0.4, -0.2) is 26.5 Å². The molecular formula is C20H27N5O. The third-order valence-corrected chi connectivity index (χ3v) is 6.16. The maximum absolute atomic E-state index is 12.8. The number of hydrogen-bond donors (Lipinski definition) is 2. The van der Waals surface area contributed by atoms with E-state index in [1.165, 1.54) is 19.3 Å². The average Bonchev–Trinajstić information content (AvgIpc) is 3.05. The molecule has 3 N–H and O–H groups in total. The number of rotatable bonds is 4. The van der Waals surface area contributed by atoms with E-state index in [1.807, 2.05) is 29.8 Å². The fraction of sp³-hybridized carbons (Fsp3) is 0.550. The third-order valence-electron chi connectivity index (χ3n) is 6.16. The van der Waals surface area contributed by atoms with Crippen LogP contribution in [0.15, 0.2) is 30.7 Å². The number of aryl methyl sites for hydroxylation is 1. The molecule has 2 bridgehead atoms. The van der Waals surface area contributed by atoms with Gasteiger partial charge in [-0.25, -0.2) is 9.97 Å². The van der Waals surface area contributed by atoms with Gasteiger partial charge in [0.15, 0.2) is 0 Å². The first-order chi connectivity index (χ1) is 12.6. The number of amides is 1. The van der Waals surface area contributed by atoms with Crippen molar-refractivity contribution in [3.05, 3.63) is 42.1 Å². The predicted molar refractivity (Wildman–Crippen MR) is 99.5 cm³/mol. The summed E-state index contributed by atoms with van der Waals surface area (Å²) in [6.07, 6.45) is 10.9. The van der Waals surface area contributed by atoms with Crippen LogP contribution in [0.2, 0.25) is 0 Å². The second-order valence-corrected chi connectivity index (χ2v) is 7.75. The molecule has 0 aromatic carbocycles. The minimum absolute atomic E-state index is 0.0974. The summed E-state index contributed by atoms with van der Waals surface area (Å²) in [4.78, 5) is 21.5. The lowest BCUT2D eigenvalue weighted by Gasteiger charge is -2.43. The Morgan fingerprint density at radius 2 is 2.04 bits per heavy atom. The molecule has 0 spiro atoms. The zero-order chi connectivity index (χ0) is 18.1. The van der Waals surface area contributed by atoms with E-state index in [0.717, 1.165) is 30.0 Å². The molecule has 6 nitrogen and oxygen atoms in total. The number of fused-ring (bicyclic) bond motifs is 2. The second kappa shape index (κ2) is 7.19. The Hall–Kier alpha value is -2.21. The minimum atomic E-state index is 0.0974. The number of carbonyl (C=O) groups is 1. The smallest absolute Gasteiger partial charge is 0.223 e. The standard InChI is InChI=1S/C20H27N5O/c1-13-22-8-9-25(13)19-16(6-3-7-23-19)12-24-20(26)17-10-14-4-2-5-15(11-17)18(14)21/h3,6-9,14-15,17-18H,2,4-5,10-12,21H2,1H3,(H,24,26). The van der Waals surface area contributed by atoms with Crippen LogP contribution in [-0.2, 0) is 11.3 Å². The molecule has 2 fully saturated rings. The quantitative estimate of drug-likeness (QED) is 0.883. The van der Waals surface area contributed by atoms with Crippen LogP contribution in [0.5, 0.6) is 0 Å². The van der Waals surface area contributed by atoms with Crippen molar-refractivity contribution in [2.75, 3.05) is 0 Å². The Morgan fingerprint density at radius 3 is 2.73 bits per heavy atom. The van der Waals surface area contributed by atoms with Crippen molar-refractivity contribution in [1.29, 1.82) is 0 Å². The molecule has 26 heavy (non-hydrogen) atoms. The van der Waals surface area contributed by atoms with Gasteiger partial charge >= 0.3 is 0 Å². The molecular weight excluding hydrogens is 326 g/mol. The van der Waals surface area contributed by atoms with Crippen molar-refractivity contribution in [3.63, 3.8) is 0 Å². The van der Waals surface area contributed by atoms with Crippen molar-refractivity contribution in [2.24, 2.45) is 23.5 Å². The Kier molecular flexibility index (Phi) is 4.76. The van der Waals surface area contributed by atoms with Crippen molar-refractivity contribution in [3.8, 4) is 5.82 Å². The van der Waals surface area contributed by atoms with Gasteiger partial charge in [0.1, 0.15) is 11.6 Å². The highest BCUT2D eigenvalue weighted by atomic mass is 16.1. The molecule has 0 radical (unpaired) electrons. The summed E-state index contributed by atoms with van der Waals surface area (Å²) in [7, 11) is 0. The molecule has 2 aliphatic rings. The number of nitrogens with two attached hydrogens (primary N) is 1. The van der Waals surface area contributed by atoms with Crippen LogP contribution < -0.4 is 11.1 Å². The van der Waals surface area contributed by atoms with Crippen molar-refractivity contribution < 1.29 is 4.79 Å². The highest BCUT2D eigenvalue weighted by Crippen LogP contribution is 2.41. The highest BCUT2D eigenvalue weighted by molar-refractivity contribution is 5.78. The van der Waals surface area contributed by atoms with E-state index in [2.05, 4.69) is 15.3 Å². The molecule has 2 aliphatic carbocycles. The molecule has 4 rings (SSSR count). The highest BCUT2D eigenvalue weighted by Gasteiger charge is 2.40. The lowest BCUT2D eigenvalue weighted by atomic mass is 9.65. The van der Waals surface area contributed by atoms with E-state index in [-0.39, 0.29) is 11.8 Å². The number of nitrogens with one attached hydrogen (secondary N) is 1. The molecule has 1 amide bonds. The van der Waals surface area contributed by atoms with Gasteiger partial charge in [0.25, 0.3) is 0 Å². The van der Waals surface area contributed by atoms with Crippen LogP contribution >= 0.6 is 0 Å². The summed E-state index contributed by atoms with van der Waals surface area (Å²) >= 11 is 0. The normalized spacial score (nSPS) is 27.9. The first kappa shape index (κ1) is 17.2. The minimum Gasteiger partial charge on any atom is -0.352 e. The number of aromatic nitrogens is 3. The third kappa shape index (κ3) is 3.26. The number of pyridine rings is 1. The van der Waals surface area contributed by atoms with E-state index >= 15 is 0 Å². The first-order valence-electron chi connectivity index (χ1n) is 9.61. The Labute approximate surface area is 154 Å². The largest absolute Gasteiger partial charge is 0.352 e. The predicted octanol–water partition coefficient (Wildman–Crippen LogP) is 2.35. The molecule has 2 heterocycles. The summed E-state index contributed by atoms with van der Waals surface area (Å²) in [5.74, 6) is 2.99. The van der Waals surface area contributed by atoms with Crippen molar-refractivity contribution in [2.45, 2.75) is 51.6 Å². The van der Waals surface area contributed by atoms with Crippen LogP contribution in [0.3, 0.4) is 0 Å². The van der Waals surface area contributed by atoms with Crippen molar-refractivity contribution in [1.82, 2.24) is 19.9 Å². The van der Waals surface area contributed by atoms with Gasteiger partial charge < -0.3 is 11.1 Å². The first-order valence-corrected chi connectivity index (χ1v) is 9.61. The summed E-state index contributed by atoms with van der Waals surface area (Å²) in [6.45, 7) is 2.43. The van der Waals surface area contributed by atoms with E-state index in [9.17, 15) is 4.79 Å². The molecule has 2 aromatic rings. The number of imidazole rings is 1. The Balaban J connectivity index is 1.44. The SMILES string of the molecule is Cc1nccn1-c1ncccc1CNC(=O)C1CC2CCCC(C1)C2N. The summed E-state index contributed by atoms with van der Waals surface area (Å²) in [5.41, 5.74) is 7.35. The summed E-state index contributed by atoms with van der Waals surface area (Å²) in [6, 6.07) is 4.21. The van der Waals surface area contributed by atoms with Gasteiger partial charge in [0.05, 0.1) is 0 Å². The fourth-order valence-electron chi connectivity index (χ4n) is 4.72. The van der Waals surface area contributed by atoms with Crippen LogP contribution in [0, 0.1) is 24.7 Å². The van der Waals surface area contributed by atoms with Crippen molar-refractivity contribution >= 4 is 5.91 Å². The lowest BCUT2D eigenvalue weighted by Crippen LogP contribution is -2.49. The van der Waals surface area contributed by atoms with E-state index in [0.29, 0.717) is 24.4 Å². The van der Waals surface area contributed by atoms with Gasteiger partial charge in [-0.15, -0.1) is 0 Å². The van der Waals surface area contributed by atoms with Gasteiger partial charge in [-0.05, 0) is 50.5 Å². The monoisotopic (exact) mass is 353 g/mol. The molecule has 0 saturated heterocycles. The van der Waals surface area contributed by atoms with Gasteiger partial charge in [0, 0.05) is 42.7 Å². The topological polar surface area (TPSA) is 85.8 Å². The zero-order valence-corrected chi connectivity index (χ0v) is 15.3. The lowest BCUT2D eigenvalue weighted by molar-refractivity contribution is -0.128. The number of hydrogen-bond acceptors (Lipinski definition) is 4. The van der Waals surface area contributed by atoms with E-state index < -0.39 is 0 Å². The zero-order valence-electron chi connectivity index (χ0n) is 15.3. The maximum atomic E-state index is 12.8. The molecule has 0 aliphatic heterocycles. The molecule has 6 heteroatoms. The van der Waals surface area contributed by atoms with Crippen LogP contribution in [0.1, 0.15) is 43.5 Å². The number of carbonyl (C=O) groups excluding carboxylic acids is 1. The molecule has 2 saturated carbocycles. The van der Waals surface area contributed by atoms with Gasteiger partial charge in [-0.2, -0.15) is 0 Å². The average molecular weight is 353 g/mol. The van der Waals surface area contributed by atoms with Gasteiger partial charge in [-0.1, -0.05) is 12.5 Å². The second-order valence-electron chi connectivity index (χ2n) is 7.75. The van der Waals surface area contributed by atoms with E-state index in [1.54, 1.807) is 12.4 Å². The number of nitrogens with zero attached hydrogens (tertiary/aromatic N) is 3. The summed E-state index contributed by atoms with van der Waals surface area (Å²) < 4.78 is 1.95. The molecule has 138 valence electrons. The van der Waals surface area contributed by atoms with Gasteiger partial charge in [-0.3, -0.25) is 9.36 Å². The maximum Gasteiger partial charge on any atom is 0.223 e. The van der Waals surface area contributed by atoms with Crippen LogP contribution in [0.25, 0.3) is 5.82 Å².